The van der Waals surface area contributed by atoms with Crippen LogP contribution in [-0.4, -0.2) is 36.6 Å². The van der Waals surface area contributed by atoms with Crippen molar-refractivity contribution in [3.8, 4) is 0 Å². The highest BCUT2D eigenvalue weighted by atomic mass is 32.1. The van der Waals surface area contributed by atoms with Gasteiger partial charge in [0.25, 0.3) is 5.91 Å². The SMILES string of the molecule is C=CCNc1nc(C(=O)OCC(=O)N2CCCc3ccccc32)cs1. The molecule has 130 valence electrons. The molecule has 3 rings (SSSR count). The highest BCUT2D eigenvalue weighted by Crippen LogP contribution is 2.26. The Bertz CT molecular complexity index is 787. The summed E-state index contributed by atoms with van der Waals surface area (Å²) in [6, 6.07) is 7.82. The van der Waals surface area contributed by atoms with E-state index in [1.165, 1.54) is 11.3 Å². The van der Waals surface area contributed by atoms with Crippen LogP contribution >= 0.6 is 11.3 Å². The highest BCUT2D eigenvalue weighted by Gasteiger charge is 2.23. The molecule has 0 aliphatic carbocycles. The summed E-state index contributed by atoms with van der Waals surface area (Å²) < 4.78 is 5.14. The molecule has 0 fully saturated rings. The maximum Gasteiger partial charge on any atom is 0.358 e. The van der Waals surface area contributed by atoms with E-state index < -0.39 is 5.97 Å². The third-order valence-corrected chi connectivity index (χ3v) is 4.65. The van der Waals surface area contributed by atoms with Gasteiger partial charge in [-0.15, -0.1) is 17.9 Å². The molecule has 0 saturated heterocycles. The zero-order chi connectivity index (χ0) is 17.6. The van der Waals surface area contributed by atoms with Crippen LogP contribution in [0.4, 0.5) is 10.8 Å². The number of nitrogens with one attached hydrogen (secondary N) is 1. The van der Waals surface area contributed by atoms with Crippen LogP contribution in [0.2, 0.25) is 0 Å². The fourth-order valence-corrected chi connectivity index (χ4v) is 3.37. The van der Waals surface area contributed by atoms with E-state index in [0.717, 1.165) is 24.1 Å². The summed E-state index contributed by atoms with van der Waals surface area (Å²) in [4.78, 5) is 30.3. The number of nitrogens with zero attached hydrogens (tertiary/aromatic N) is 2. The number of aromatic nitrogens is 1. The van der Waals surface area contributed by atoms with Gasteiger partial charge < -0.3 is 15.0 Å². The normalized spacial score (nSPS) is 13.0. The number of carbonyl (C=O) groups is 2. The topological polar surface area (TPSA) is 71.5 Å². The number of carbonyl (C=O) groups excluding carboxylic acids is 2. The molecular weight excluding hydrogens is 338 g/mol. The average molecular weight is 357 g/mol. The first-order valence-electron chi connectivity index (χ1n) is 8.04. The van der Waals surface area contributed by atoms with Crippen molar-refractivity contribution in [2.75, 3.05) is 29.9 Å². The number of thiazole rings is 1. The lowest BCUT2D eigenvalue weighted by atomic mass is 10.0. The van der Waals surface area contributed by atoms with Gasteiger partial charge in [0.2, 0.25) is 0 Å². The standard InChI is InChI=1S/C18H19N3O3S/c1-2-9-19-18-20-14(12-25-18)17(23)24-11-16(22)21-10-5-7-13-6-3-4-8-15(13)21/h2-4,6,8,12H,1,5,7,9-11H2,(H,19,20). The number of para-hydroxylation sites is 1. The maximum absolute atomic E-state index is 12.5. The lowest BCUT2D eigenvalue weighted by Crippen LogP contribution is -2.38. The molecule has 0 unspecified atom stereocenters. The second kappa shape index (κ2) is 7.94. The van der Waals surface area contributed by atoms with E-state index in [0.29, 0.717) is 18.2 Å². The van der Waals surface area contributed by atoms with Crippen LogP contribution in [0.3, 0.4) is 0 Å². The van der Waals surface area contributed by atoms with Gasteiger partial charge in [0.1, 0.15) is 0 Å². The Balaban J connectivity index is 1.58. The molecule has 7 heteroatoms. The van der Waals surface area contributed by atoms with Gasteiger partial charge >= 0.3 is 5.97 Å². The minimum atomic E-state index is -0.596. The molecule has 1 aromatic carbocycles. The molecule has 1 aliphatic rings. The highest BCUT2D eigenvalue weighted by molar-refractivity contribution is 7.13. The first kappa shape index (κ1) is 17.2. The van der Waals surface area contributed by atoms with Gasteiger partial charge in [-0.25, -0.2) is 9.78 Å². The summed E-state index contributed by atoms with van der Waals surface area (Å²) in [7, 11) is 0. The Labute approximate surface area is 150 Å². The van der Waals surface area contributed by atoms with E-state index >= 15 is 0 Å². The molecule has 0 spiro atoms. The largest absolute Gasteiger partial charge is 0.451 e. The Morgan fingerprint density at radius 1 is 1.40 bits per heavy atom. The molecule has 0 atom stereocenters. The Hall–Kier alpha value is -2.67. The molecule has 25 heavy (non-hydrogen) atoms. The predicted octanol–water partition coefficient (Wildman–Crippen LogP) is 2.88. The smallest absolute Gasteiger partial charge is 0.358 e. The van der Waals surface area contributed by atoms with E-state index in [-0.39, 0.29) is 18.2 Å². The molecule has 1 aromatic heterocycles. The lowest BCUT2D eigenvalue weighted by molar-refractivity contribution is -0.121. The molecule has 0 radical (unpaired) electrons. The van der Waals surface area contributed by atoms with Crippen LogP contribution in [0.25, 0.3) is 0 Å². The number of benzene rings is 1. The first-order valence-corrected chi connectivity index (χ1v) is 8.92. The molecule has 1 amide bonds. The summed E-state index contributed by atoms with van der Waals surface area (Å²) in [5.41, 5.74) is 2.24. The predicted molar refractivity (Wildman–Crippen MR) is 98.2 cm³/mol. The molecule has 2 aromatic rings. The van der Waals surface area contributed by atoms with Gasteiger partial charge in [-0.3, -0.25) is 4.79 Å². The van der Waals surface area contributed by atoms with Crippen molar-refractivity contribution in [3.63, 3.8) is 0 Å². The van der Waals surface area contributed by atoms with Crippen LogP contribution in [-0.2, 0) is 16.0 Å². The van der Waals surface area contributed by atoms with Crippen LogP contribution < -0.4 is 10.2 Å². The summed E-state index contributed by atoms with van der Waals surface area (Å²) in [5, 5.41) is 5.22. The van der Waals surface area contributed by atoms with Crippen LogP contribution in [0.15, 0.2) is 42.3 Å². The molecular formula is C18H19N3O3S. The second-order valence-corrected chi connectivity index (χ2v) is 6.42. The van der Waals surface area contributed by atoms with E-state index in [9.17, 15) is 9.59 Å². The van der Waals surface area contributed by atoms with Gasteiger partial charge in [-0.05, 0) is 24.5 Å². The number of anilines is 2. The molecule has 0 bridgehead atoms. The number of rotatable bonds is 6. The van der Waals surface area contributed by atoms with Crippen LogP contribution in [0.5, 0.6) is 0 Å². The Kier molecular flexibility index (Phi) is 5.45. The number of ether oxygens (including phenoxy) is 1. The van der Waals surface area contributed by atoms with Crippen LogP contribution in [0, 0.1) is 0 Å². The van der Waals surface area contributed by atoms with Crippen molar-refractivity contribution < 1.29 is 14.3 Å². The molecule has 6 nitrogen and oxygen atoms in total. The zero-order valence-corrected chi connectivity index (χ0v) is 14.6. The number of hydrogen-bond acceptors (Lipinski definition) is 6. The summed E-state index contributed by atoms with van der Waals surface area (Å²) in [6.45, 7) is 4.52. The lowest BCUT2D eigenvalue weighted by Gasteiger charge is -2.29. The second-order valence-electron chi connectivity index (χ2n) is 5.56. The summed E-state index contributed by atoms with van der Waals surface area (Å²) in [5.74, 6) is -0.817. The molecule has 1 N–H and O–H groups in total. The number of hydrogen-bond donors (Lipinski definition) is 1. The average Bonchev–Trinajstić information content (AvgIpc) is 3.12. The van der Waals surface area contributed by atoms with Crippen LogP contribution in [0.1, 0.15) is 22.5 Å². The van der Waals surface area contributed by atoms with Crippen molar-refractivity contribution in [1.82, 2.24) is 4.98 Å². The summed E-state index contributed by atoms with van der Waals surface area (Å²) in [6.07, 6.45) is 3.56. The minimum Gasteiger partial charge on any atom is -0.451 e. The van der Waals surface area contributed by atoms with E-state index in [1.54, 1.807) is 16.4 Å². The first-order chi connectivity index (χ1) is 12.2. The Morgan fingerprint density at radius 2 is 2.24 bits per heavy atom. The van der Waals surface area contributed by atoms with Gasteiger partial charge in [-0.1, -0.05) is 24.3 Å². The Morgan fingerprint density at radius 3 is 3.08 bits per heavy atom. The van der Waals surface area contributed by atoms with E-state index in [1.807, 2.05) is 24.3 Å². The minimum absolute atomic E-state index is 0.198. The monoisotopic (exact) mass is 357 g/mol. The fourth-order valence-electron chi connectivity index (χ4n) is 2.68. The zero-order valence-electron chi connectivity index (χ0n) is 13.7. The third kappa shape index (κ3) is 4.06. The molecule has 1 aliphatic heterocycles. The number of aryl methyl sites for hydroxylation is 1. The van der Waals surface area contributed by atoms with Gasteiger partial charge in [0.05, 0.1) is 0 Å². The fraction of sp³-hybridized carbons (Fsp3) is 0.278. The maximum atomic E-state index is 12.5. The van der Waals surface area contributed by atoms with Gasteiger partial charge in [0, 0.05) is 24.2 Å². The van der Waals surface area contributed by atoms with Crippen molar-refractivity contribution in [1.29, 1.82) is 0 Å². The molecule has 2 heterocycles. The van der Waals surface area contributed by atoms with Crippen molar-refractivity contribution >= 4 is 34.0 Å². The summed E-state index contributed by atoms with van der Waals surface area (Å²) >= 11 is 1.30. The third-order valence-electron chi connectivity index (χ3n) is 3.85. The van der Waals surface area contributed by atoms with Gasteiger partial charge in [-0.2, -0.15) is 0 Å². The van der Waals surface area contributed by atoms with E-state index in [4.69, 9.17) is 4.74 Å². The van der Waals surface area contributed by atoms with Crippen molar-refractivity contribution in [3.05, 3.63) is 53.6 Å². The number of esters is 1. The quantitative estimate of drug-likeness (QED) is 0.636. The van der Waals surface area contributed by atoms with Crippen molar-refractivity contribution in [2.24, 2.45) is 0 Å². The number of fused-ring (bicyclic) bond motifs is 1. The van der Waals surface area contributed by atoms with Crippen molar-refractivity contribution in [2.45, 2.75) is 12.8 Å². The van der Waals surface area contributed by atoms with E-state index in [2.05, 4.69) is 16.9 Å². The molecule has 0 saturated carbocycles. The number of amides is 1. The van der Waals surface area contributed by atoms with Gasteiger partial charge in [0.15, 0.2) is 17.4 Å².